The van der Waals surface area contributed by atoms with Crippen molar-refractivity contribution in [1.82, 2.24) is 15.0 Å². The first-order chi connectivity index (χ1) is 8.51. The van der Waals surface area contributed by atoms with Gasteiger partial charge in [-0.25, -0.2) is 13.1 Å². The molecule has 1 aromatic heterocycles. The van der Waals surface area contributed by atoms with Crippen LogP contribution in [-0.4, -0.2) is 26.5 Å². The number of hydrogen-bond donors (Lipinski definition) is 3. The Kier molecular flexibility index (Phi) is 4.09. The molecular formula is C12H21N3O2S. The Hall–Kier alpha value is -0.850. The lowest BCUT2D eigenvalue weighted by Crippen LogP contribution is -2.32. The van der Waals surface area contributed by atoms with Gasteiger partial charge in [0.2, 0.25) is 10.0 Å². The highest BCUT2D eigenvalue weighted by atomic mass is 32.2. The minimum absolute atomic E-state index is 0.0904. The minimum Gasteiger partial charge on any atom is -0.363 e. The van der Waals surface area contributed by atoms with Gasteiger partial charge in [0, 0.05) is 24.5 Å². The molecule has 1 aliphatic rings. The maximum Gasteiger partial charge on any atom is 0.242 e. The highest BCUT2D eigenvalue weighted by molar-refractivity contribution is 7.89. The Bertz CT molecular complexity index is 495. The molecule has 0 saturated heterocycles. The molecule has 6 heteroatoms. The maximum atomic E-state index is 12.2. The van der Waals surface area contributed by atoms with Gasteiger partial charge in [0.15, 0.2) is 0 Å². The van der Waals surface area contributed by atoms with Gasteiger partial charge in [-0.1, -0.05) is 6.92 Å². The van der Waals surface area contributed by atoms with Gasteiger partial charge in [-0.3, -0.25) is 0 Å². The van der Waals surface area contributed by atoms with E-state index in [1.54, 1.807) is 12.3 Å². The van der Waals surface area contributed by atoms with E-state index >= 15 is 0 Å². The molecule has 0 aliphatic heterocycles. The molecule has 5 nitrogen and oxygen atoms in total. The van der Waals surface area contributed by atoms with Crippen LogP contribution in [0, 0.1) is 5.92 Å². The van der Waals surface area contributed by atoms with E-state index < -0.39 is 10.0 Å². The molecular weight excluding hydrogens is 250 g/mol. The zero-order chi connectivity index (χ0) is 13.2. The van der Waals surface area contributed by atoms with Crippen LogP contribution in [0.5, 0.6) is 0 Å². The molecule has 1 fully saturated rings. The number of aromatic amines is 1. The molecule has 1 heterocycles. The van der Waals surface area contributed by atoms with Crippen molar-refractivity contribution in [2.24, 2.45) is 5.92 Å². The standard InChI is InChI=1S/C12H21N3O2S/c1-9-3-4-10(5-9)15-18(16,17)12-6-11(7-13-2)14-8-12/h6,8-10,13-15H,3-5,7H2,1-2H3. The number of nitrogens with one attached hydrogen (secondary N) is 3. The Balaban J connectivity index is 2.05. The summed E-state index contributed by atoms with van der Waals surface area (Å²) in [5.74, 6) is 0.615. The lowest BCUT2D eigenvalue weighted by molar-refractivity contribution is 0.538. The number of aromatic nitrogens is 1. The summed E-state index contributed by atoms with van der Waals surface area (Å²) in [6.45, 7) is 2.80. The lowest BCUT2D eigenvalue weighted by atomic mass is 10.1. The van der Waals surface area contributed by atoms with E-state index in [-0.39, 0.29) is 6.04 Å². The van der Waals surface area contributed by atoms with Gasteiger partial charge in [-0.15, -0.1) is 0 Å². The first-order valence-electron chi connectivity index (χ1n) is 6.35. The quantitative estimate of drug-likeness (QED) is 0.753. The predicted molar refractivity (Wildman–Crippen MR) is 70.7 cm³/mol. The number of hydrogen-bond acceptors (Lipinski definition) is 3. The van der Waals surface area contributed by atoms with Crippen molar-refractivity contribution >= 4 is 10.0 Å². The first kappa shape index (κ1) is 13.6. The van der Waals surface area contributed by atoms with E-state index in [0.717, 1.165) is 25.0 Å². The third-order valence-corrected chi connectivity index (χ3v) is 4.91. The summed E-state index contributed by atoms with van der Waals surface area (Å²) in [4.78, 5) is 3.29. The molecule has 1 saturated carbocycles. The maximum absolute atomic E-state index is 12.2. The van der Waals surface area contributed by atoms with Crippen LogP contribution in [-0.2, 0) is 16.6 Å². The molecule has 1 aromatic rings. The normalized spacial score (nSPS) is 24.6. The van der Waals surface area contributed by atoms with Crippen molar-refractivity contribution in [2.45, 2.75) is 43.7 Å². The van der Waals surface area contributed by atoms with Crippen LogP contribution in [0.15, 0.2) is 17.2 Å². The van der Waals surface area contributed by atoms with Gasteiger partial charge in [-0.2, -0.15) is 0 Å². The van der Waals surface area contributed by atoms with Gasteiger partial charge in [-0.05, 0) is 38.3 Å². The number of sulfonamides is 1. The molecule has 0 amide bonds. The Morgan fingerprint density at radius 3 is 2.83 bits per heavy atom. The van der Waals surface area contributed by atoms with Crippen molar-refractivity contribution in [3.63, 3.8) is 0 Å². The Labute approximate surface area is 108 Å². The highest BCUT2D eigenvalue weighted by Crippen LogP contribution is 2.26. The van der Waals surface area contributed by atoms with E-state index in [1.807, 2.05) is 7.05 Å². The largest absolute Gasteiger partial charge is 0.363 e. The molecule has 0 bridgehead atoms. The van der Waals surface area contributed by atoms with E-state index in [4.69, 9.17) is 0 Å². The monoisotopic (exact) mass is 271 g/mol. The van der Waals surface area contributed by atoms with Crippen molar-refractivity contribution in [1.29, 1.82) is 0 Å². The second-order valence-corrected chi connectivity index (χ2v) is 6.84. The van der Waals surface area contributed by atoms with Gasteiger partial charge >= 0.3 is 0 Å². The molecule has 1 aliphatic carbocycles. The zero-order valence-corrected chi connectivity index (χ0v) is 11.7. The van der Waals surface area contributed by atoms with Gasteiger partial charge < -0.3 is 10.3 Å². The van der Waals surface area contributed by atoms with E-state index in [0.29, 0.717) is 17.4 Å². The molecule has 102 valence electrons. The second kappa shape index (κ2) is 5.42. The molecule has 0 aromatic carbocycles. The Morgan fingerprint density at radius 1 is 1.44 bits per heavy atom. The first-order valence-corrected chi connectivity index (χ1v) is 7.84. The summed E-state index contributed by atoms with van der Waals surface area (Å²) >= 11 is 0. The lowest BCUT2D eigenvalue weighted by Gasteiger charge is -2.11. The molecule has 18 heavy (non-hydrogen) atoms. The summed E-state index contributed by atoms with van der Waals surface area (Å²) < 4.78 is 27.1. The minimum atomic E-state index is -3.37. The fourth-order valence-corrected chi connectivity index (χ4v) is 3.77. The topological polar surface area (TPSA) is 74.0 Å². The molecule has 2 rings (SSSR count). The van der Waals surface area contributed by atoms with Crippen LogP contribution in [0.25, 0.3) is 0 Å². The van der Waals surface area contributed by atoms with Gasteiger partial charge in [0.1, 0.15) is 0 Å². The smallest absolute Gasteiger partial charge is 0.242 e. The van der Waals surface area contributed by atoms with Crippen LogP contribution in [0.2, 0.25) is 0 Å². The summed E-state index contributed by atoms with van der Waals surface area (Å²) in [5, 5.41) is 2.98. The zero-order valence-electron chi connectivity index (χ0n) is 10.9. The van der Waals surface area contributed by atoms with E-state index in [1.165, 1.54) is 0 Å². The van der Waals surface area contributed by atoms with E-state index in [2.05, 4.69) is 21.9 Å². The van der Waals surface area contributed by atoms with Crippen LogP contribution in [0.3, 0.4) is 0 Å². The van der Waals surface area contributed by atoms with E-state index in [9.17, 15) is 8.42 Å². The van der Waals surface area contributed by atoms with Crippen molar-refractivity contribution in [2.75, 3.05) is 7.05 Å². The summed E-state index contributed by atoms with van der Waals surface area (Å²) in [6.07, 6.45) is 4.53. The molecule has 0 spiro atoms. The summed E-state index contributed by atoms with van der Waals surface area (Å²) in [7, 11) is -1.55. The van der Waals surface area contributed by atoms with Crippen LogP contribution >= 0.6 is 0 Å². The molecule has 2 atom stereocenters. The average molecular weight is 271 g/mol. The fraction of sp³-hybridized carbons (Fsp3) is 0.667. The third-order valence-electron chi connectivity index (χ3n) is 3.41. The Morgan fingerprint density at radius 2 is 2.22 bits per heavy atom. The summed E-state index contributed by atoms with van der Waals surface area (Å²) in [6, 6.07) is 1.77. The van der Waals surface area contributed by atoms with Gasteiger partial charge in [0.05, 0.1) is 4.90 Å². The fourth-order valence-electron chi connectivity index (χ4n) is 2.47. The highest BCUT2D eigenvalue weighted by Gasteiger charge is 2.26. The van der Waals surface area contributed by atoms with Crippen LogP contribution in [0.4, 0.5) is 0 Å². The van der Waals surface area contributed by atoms with Crippen LogP contribution < -0.4 is 10.0 Å². The number of rotatable bonds is 5. The molecule has 0 radical (unpaired) electrons. The van der Waals surface area contributed by atoms with Gasteiger partial charge in [0.25, 0.3) is 0 Å². The molecule has 2 unspecified atom stereocenters. The number of H-pyrrole nitrogens is 1. The summed E-state index contributed by atoms with van der Waals surface area (Å²) in [5.41, 5.74) is 0.873. The van der Waals surface area contributed by atoms with Crippen molar-refractivity contribution in [3.05, 3.63) is 18.0 Å². The SMILES string of the molecule is CNCc1cc(S(=O)(=O)NC2CCC(C)C2)c[nH]1. The van der Waals surface area contributed by atoms with Crippen LogP contribution in [0.1, 0.15) is 31.9 Å². The molecule has 3 N–H and O–H groups in total. The van der Waals surface area contributed by atoms with Crippen molar-refractivity contribution in [3.8, 4) is 0 Å². The third kappa shape index (κ3) is 3.13. The second-order valence-electron chi connectivity index (χ2n) is 5.13. The predicted octanol–water partition coefficient (Wildman–Crippen LogP) is 1.20. The van der Waals surface area contributed by atoms with Crippen molar-refractivity contribution < 1.29 is 8.42 Å². The average Bonchev–Trinajstić information content (AvgIpc) is 2.88.